The number of unbranched alkanes of at least 4 members (excludes halogenated alkanes) is 9. The summed E-state index contributed by atoms with van der Waals surface area (Å²) in [6.07, 6.45) is 15.8. The summed E-state index contributed by atoms with van der Waals surface area (Å²) in [6.45, 7) is 2.27. The monoisotopic (exact) mass is 320 g/mol. The number of carbonyl (C=O) groups excluding carboxylic acids is 1. The summed E-state index contributed by atoms with van der Waals surface area (Å²) in [5.74, 6) is 0.311. The molecule has 22 heavy (non-hydrogen) atoms. The summed E-state index contributed by atoms with van der Waals surface area (Å²) in [5, 5.41) is 0. The van der Waals surface area contributed by atoms with Crippen LogP contribution in [0.25, 0.3) is 0 Å². The van der Waals surface area contributed by atoms with E-state index in [2.05, 4.69) is 6.92 Å². The van der Waals surface area contributed by atoms with Gasteiger partial charge < -0.3 is 0 Å². The summed E-state index contributed by atoms with van der Waals surface area (Å²) in [7, 11) is 0.800. The molecule has 1 rings (SSSR count). The van der Waals surface area contributed by atoms with Crippen molar-refractivity contribution in [1.82, 2.24) is 0 Å². The van der Waals surface area contributed by atoms with E-state index in [0.29, 0.717) is 5.78 Å². The molecular weight excluding hydrogens is 287 g/mol. The van der Waals surface area contributed by atoms with E-state index in [1.165, 1.54) is 70.4 Å². The highest BCUT2D eigenvalue weighted by atomic mass is 31.1. The zero-order valence-corrected chi connectivity index (χ0v) is 15.3. The quantitative estimate of drug-likeness (QED) is 0.218. The Morgan fingerprint density at radius 3 is 1.95 bits per heavy atom. The predicted molar refractivity (Wildman–Crippen MR) is 101 cm³/mol. The molecule has 0 aliphatic heterocycles. The molecule has 1 atom stereocenters. The standard InChI is InChI=1S/C20H33OP/c1-2-3-4-5-6-7-8-9-10-14-17-22-18-20(21)19-15-12-11-13-16-19/h11-13,15-16,22H,2-10,14,17-18H2,1H3. The number of hydrogen-bond donors (Lipinski definition) is 0. The molecule has 1 unspecified atom stereocenters. The fraction of sp³-hybridized carbons (Fsp3) is 0.650. The van der Waals surface area contributed by atoms with Crippen molar-refractivity contribution < 1.29 is 4.79 Å². The van der Waals surface area contributed by atoms with Crippen molar-refractivity contribution in [1.29, 1.82) is 0 Å². The SMILES string of the molecule is CCCCCCCCCCCCPCC(=O)c1ccccc1. The van der Waals surface area contributed by atoms with E-state index in [9.17, 15) is 4.79 Å². The Hall–Kier alpha value is -0.680. The second-order valence-electron chi connectivity index (χ2n) is 6.15. The summed E-state index contributed by atoms with van der Waals surface area (Å²) >= 11 is 0. The summed E-state index contributed by atoms with van der Waals surface area (Å²) in [4.78, 5) is 11.9. The number of rotatable bonds is 14. The molecule has 1 aromatic rings. The lowest BCUT2D eigenvalue weighted by molar-refractivity contribution is 0.102. The van der Waals surface area contributed by atoms with Crippen molar-refractivity contribution in [3.63, 3.8) is 0 Å². The number of ketones is 1. The van der Waals surface area contributed by atoms with E-state index in [-0.39, 0.29) is 0 Å². The van der Waals surface area contributed by atoms with Gasteiger partial charge in [0, 0.05) is 11.7 Å². The van der Waals surface area contributed by atoms with Gasteiger partial charge in [-0.1, -0.05) is 95.0 Å². The first kappa shape index (κ1) is 19.4. The first-order valence-corrected chi connectivity index (χ1v) is 10.5. The van der Waals surface area contributed by atoms with Crippen LogP contribution < -0.4 is 0 Å². The molecule has 0 aliphatic carbocycles. The third-order valence-corrected chi connectivity index (χ3v) is 5.37. The lowest BCUT2D eigenvalue weighted by Crippen LogP contribution is -2.01. The van der Waals surface area contributed by atoms with E-state index < -0.39 is 0 Å². The highest BCUT2D eigenvalue weighted by molar-refractivity contribution is 7.39. The Morgan fingerprint density at radius 1 is 0.818 bits per heavy atom. The van der Waals surface area contributed by atoms with Crippen LogP contribution in [0.1, 0.15) is 81.5 Å². The minimum absolute atomic E-state index is 0.311. The van der Waals surface area contributed by atoms with Crippen LogP contribution in [0.5, 0.6) is 0 Å². The summed E-state index contributed by atoms with van der Waals surface area (Å²) in [6, 6.07) is 9.70. The number of benzene rings is 1. The van der Waals surface area contributed by atoms with Crippen molar-refractivity contribution in [2.45, 2.75) is 71.1 Å². The fourth-order valence-corrected chi connectivity index (χ4v) is 3.77. The van der Waals surface area contributed by atoms with Gasteiger partial charge in [0.05, 0.1) is 0 Å². The molecule has 0 heterocycles. The van der Waals surface area contributed by atoms with Crippen molar-refractivity contribution >= 4 is 14.4 Å². The molecule has 0 N–H and O–H groups in total. The van der Waals surface area contributed by atoms with Crippen LogP contribution >= 0.6 is 8.58 Å². The van der Waals surface area contributed by atoms with Crippen LogP contribution in [-0.4, -0.2) is 18.1 Å². The van der Waals surface area contributed by atoms with E-state index in [4.69, 9.17) is 0 Å². The highest BCUT2D eigenvalue weighted by Crippen LogP contribution is 2.17. The molecule has 0 bridgehead atoms. The zero-order chi connectivity index (χ0) is 15.9. The Labute approximate surface area is 139 Å². The first-order valence-electron chi connectivity index (χ1n) is 9.13. The third kappa shape index (κ3) is 10.1. The Morgan fingerprint density at radius 2 is 1.36 bits per heavy atom. The van der Waals surface area contributed by atoms with Gasteiger partial charge in [-0.15, -0.1) is 8.58 Å². The average molecular weight is 320 g/mol. The molecule has 0 saturated carbocycles. The molecule has 0 aromatic heterocycles. The molecule has 0 fully saturated rings. The second kappa shape index (κ2) is 13.9. The Balaban J connectivity index is 1.85. The zero-order valence-electron chi connectivity index (χ0n) is 14.3. The van der Waals surface area contributed by atoms with Gasteiger partial charge in [-0.25, -0.2) is 0 Å². The van der Waals surface area contributed by atoms with Crippen LogP contribution in [0.3, 0.4) is 0 Å². The van der Waals surface area contributed by atoms with Crippen LogP contribution in [0.2, 0.25) is 0 Å². The minimum Gasteiger partial charge on any atom is -0.294 e. The maximum Gasteiger partial charge on any atom is 0.166 e. The van der Waals surface area contributed by atoms with Gasteiger partial charge >= 0.3 is 0 Å². The first-order chi connectivity index (χ1) is 10.8. The van der Waals surface area contributed by atoms with E-state index >= 15 is 0 Å². The third-order valence-electron chi connectivity index (χ3n) is 4.09. The van der Waals surface area contributed by atoms with Crippen LogP contribution in [0.4, 0.5) is 0 Å². The summed E-state index contributed by atoms with van der Waals surface area (Å²) in [5.41, 5.74) is 0.873. The molecule has 2 heteroatoms. The van der Waals surface area contributed by atoms with Gasteiger partial charge in [0.1, 0.15) is 0 Å². The molecule has 0 aliphatic rings. The van der Waals surface area contributed by atoms with Gasteiger partial charge in [-0.05, 0) is 12.6 Å². The van der Waals surface area contributed by atoms with E-state index in [1.54, 1.807) is 0 Å². The molecular formula is C20H33OP. The number of hydrogen-bond acceptors (Lipinski definition) is 1. The minimum atomic E-state index is 0.311. The second-order valence-corrected chi connectivity index (χ2v) is 7.50. The van der Waals surface area contributed by atoms with Gasteiger partial charge in [-0.3, -0.25) is 4.79 Å². The van der Waals surface area contributed by atoms with Gasteiger partial charge in [-0.2, -0.15) is 0 Å². The van der Waals surface area contributed by atoms with Gasteiger partial charge in [0.15, 0.2) is 5.78 Å². The molecule has 0 spiro atoms. The summed E-state index contributed by atoms with van der Waals surface area (Å²) < 4.78 is 0. The lowest BCUT2D eigenvalue weighted by Gasteiger charge is -2.03. The molecule has 0 radical (unpaired) electrons. The van der Waals surface area contributed by atoms with Crippen molar-refractivity contribution in [2.24, 2.45) is 0 Å². The Kier molecular flexibility index (Phi) is 12.3. The van der Waals surface area contributed by atoms with Crippen LogP contribution in [0.15, 0.2) is 30.3 Å². The lowest BCUT2D eigenvalue weighted by atomic mass is 10.1. The average Bonchev–Trinajstić information content (AvgIpc) is 2.56. The fourth-order valence-electron chi connectivity index (χ4n) is 2.67. The van der Waals surface area contributed by atoms with Crippen molar-refractivity contribution in [2.75, 3.05) is 12.3 Å². The van der Waals surface area contributed by atoms with Crippen molar-refractivity contribution in [3.8, 4) is 0 Å². The molecule has 0 amide bonds. The van der Waals surface area contributed by atoms with Crippen LogP contribution in [0, 0.1) is 0 Å². The van der Waals surface area contributed by atoms with Crippen molar-refractivity contribution in [3.05, 3.63) is 35.9 Å². The Bertz CT molecular complexity index is 375. The smallest absolute Gasteiger partial charge is 0.166 e. The predicted octanol–water partition coefficient (Wildman–Crippen LogP) is 6.47. The molecule has 1 nitrogen and oxygen atoms in total. The van der Waals surface area contributed by atoms with E-state index in [0.717, 1.165) is 20.3 Å². The normalized spacial score (nSPS) is 11.3. The molecule has 1 aromatic carbocycles. The van der Waals surface area contributed by atoms with Gasteiger partial charge in [0.25, 0.3) is 0 Å². The highest BCUT2D eigenvalue weighted by Gasteiger charge is 2.03. The molecule has 124 valence electrons. The topological polar surface area (TPSA) is 17.1 Å². The maximum atomic E-state index is 11.9. The van der Waals surface area contributed by atoms with Gasteiger partial charge in [0.2, 0.25) is 0 Å². The van der Waals surface area contributed by atoms with E-state index in [1.807, 2.05) is 30.3 Å². The maximum absolute atomic E-state index is 11.9. The number of carbonyl (C=O) groups is 1. The largest absolute Gasteiger partial charge is 0.294 e. The molecule has 0 saturated heterocycles. The van der Waals surface area contributed by atoms with Crippen LogP contribution in [-0.2, 0) is 0 Å². The number of Topliss-reactive ketones (excluding diaryl/α,β-unsaturated/α-hetero) is 1.